The lowest BCUT2D eigenvalue weighted by Gasteiger charge is -2.19. The van der Waals surface area contributed by atoms with E-state index in [1.807, 2.05) is 24.3 Å². The Morgan fingerprint density at radius 1 is 1.38 bits per heavy atom. The molecule has 0 atom stereocenters. The van der Waals surface area contributed by atoms with Gasteiger partial charge in [0.1, 0.15) is 5.75 Å². The zero-order valence-electron chi connectivity index (χ0n) is 12.0. The first-order chi connectivity index (χ1) is 10.1. The van der Waals surface area contributed by atoms with Gasteiger partial charge in [-0.15, -0.1) is 0 Å². The van der Waals surface area contributed by atoms with Crippen molar-refractivity contribution in [1.29, 1.82) is 0 Å². The first-order valence-electron chi connectivity index (χ1n) is 6.95. The number of carboxylic acid groups (broad SMARTS) is 1. The minimum atomic E-state index is -0.887. The number of amides is 1. The third-order valence-electron chi connectivity index (χ3n) is 3.38. The van der Waals surface area contributed by atoms with E-state index in [1.54, 1.807) is 18.1 Å². The molecule has 1 N–H and O–H groups in total. The van der Waals surface area contributed by atoms with Crippen LogP contribution in [0.1, 0.15) is 24.8 Å². The Kier molecular flexibility index (Phi) is 4.98. The number of carbonyl (C=O) groups is 2. The van der Waals surface area contributed by atoms with Gasteiger partial charge in [0.05, 0.1) is 13.5 Å². The molecule has 0 spiro atoms. The number of ether oxygens (including phenoxy) is 1. The molecule has 5 heteroatoms. The van der Waals surface area contributed by atoms with E-state index in [0.717, 1.165) is 18.4 Å². The molecule has 0 heterocycles. The van der Waals surface area contributed by atoms with E-state index in [-0.39, 0.29) is 24.9 Å². The van der Waals surface area contributed by atoms with Crippen molar-refractivity contribution < 1.29 is 19.4 Å². The normalized spacial score (nSPS) is 14.1. The maximum Gasteiger partial charge on any atom is 0.305 e. The Bertz CT molecular complexity index is 549. The number of rotatable bonds is 7. The summed E-state index contributed by atoms with van der Waals surface area (Å²) >= 11 is 0. The average molecular weight is 289 g/mol. The average Bonchev–Trinajstić information content (AvgIpc) is 3.30. The molecule has 1 amide bonds. The van der Waals surface area contributed by atoms with Crippen molar-refractivity contribution in [2.45, 2.75) is 25.3 Å². The standard InChI is InChI=1S/C16H19NO4/c1-21-14-5-3-2-4-12(14)6-9-15(18)17(13-7-8-13)11-10-16(19)20/h2-6,9,13H,7-8,10-11H2,1H3,(H,19,20)/b9-6+. The second kappa shape index (κ2) is 6.92. The molecule has 0 radical (unpaired) electrons. The Morgan fingerprint density at radius 3 is 2.71 bits per heavy atom. The first kappa shape index (κ1) is 15.1. The molecule has 0 unspecified atom stereocenters. The van der Waals surface area contributed by atoms with Crippen molar-refractivity contribution in [3.63, 3.8) is 0 Å². The van der Waals surface area contributed by atoms with Gasteiger partial charge in [0.15, 0.2) is 0 Å². The molecule has 21 heavy (non-hydrogen) atoms. The fourth-order valence-corrected chi connectivity index (χ4v) is 2.14. The Balaban J connectivity index is 2.03. The fraction of sp³-hybridized carbons (Fsp3) is 0.375. The molecule has 1 aliphatic carbocycles. The number of benzene rings is 1. The number of nitrogens with zero attached hydrogens (tertiary/aromatic N) is 1. The fourth-order valence-electron chi connectivity index (χ4n) is 2.14. The van der Waals surface area contributed by atoms with E-state index in [0.29, 0.717) is 5.75 Å². The zero-order valence-corrected chi connectivity index (χ0v) is 12.0. The lowest BCUT2D eigenvalue weighted by molar-refractivity contribution is -0.138. The van der Waals surface area contributed by atoms with Crippen LogP contribution in [0.2, 0.25) is 0 Å². The molecule has 0 aliphatic heterocycles. The Morgan fingerprint density at radius 2 is 2.10 bits per heavy atom. The SMILES string of the molecule is COc1ccccc1/C=C/C(=O)N(CCC(=O)O)C1CC1. The van der Waals surface area contributed by atoms with Gasteiger partial charge in [-0.2, -0.15) is 0 Å². The topological polar surface area (TPSA) is 66.8 Å². The minimum absolute atomic E-state index is 0.0231. The number of hydrogen-bond acceptors (Lipinski definition) is 3. The molecule has 0 saturated heterocycles. The Hall–Kier alpha value is -2.30. The van der Waals surface area contributed by atoms with Crippen LogP contribution in [0.5, 0.6) is 5.75 Å². The van der Waals surface area contributed by atoms with Crippen LogP contribution in [0.3, 0.4) is 0 Å². The number of carboxylic acids is 1. The zero-order chi connectivity index (χ0) is 15.2. The van der Waals surface area contributed by atoms with Gasteiger partial charge in [-0.3, -0.25) is 9.59 Å². The minimum Gasteiger partial charge on any atom is -0.496 e. The molecule has 0 aromatic heterocycles. The molecule has 1 aromatic rings. The van der Waals surface area contributed by atoms with Crippen LogP contribution in [0.25, 0.3) is 6.08 Å². The van der Waals surface area contributed by atoms with Gasteiger partial charge >= 0.3 is 5.97 Å². The van der Waals surface area contributed by atoms with Crippen molar-refractivity contribution in [2.24, 2.45) is 0 Å². The lowest BCUT2D eigenvalue weighted by Crippen LogP contribution is -2.33. The summed E-state index contributed by atoms with van der Waals surface area (Å²) in [5.41, 5.74) is 0.822. The van der Waals surface area contributed by atoms with Gasteiger partial charge in [0.2, 0.25) is 5.91 Å². The molecular weight excluding hydrogens is 270 g/mol. The molecule has 1 saturated carbocycles. The molecular formula is C16H19NO4. The second-order valence-electron chi connectivity index (χ2n) is 4.98. The first-order valence-corrected chi connectivity index (χ1v) is 6.95. The largest absolute Gasteiger partial charge is 0.496 e. The quantitative estimate of drug-likeness (QED) is 0.781. The number of hydrogen-bond donors (Lipinski definition) is 1. The summed E-state index contributed by atoms with van der Waals surface area (Å²) in [5, 5.41) is 8.75. The van der Waals surface area contributed by atoms with E-state index in [4.69, 9.17) is 9.84 Å². The molecule has 5 nitrogen and oxygen atoms in total. The van der Waals surface area contributed by atoms with E-state index in [9.17, 15) is 9.59 Å². The number of carbonyl (C=O) groups excluding carboxylic acids is 1. The highest BCUT2D eigenvalue weighted by molar-refractivity contribution is 5.92. The highest BCUT2D eigenvalue weighted by atomic mass is 16.5. The van der Waals surface area contributed by atoms with Crippen molar-refractivity contribution >= 4 is 18.0 Å². The van der Waals surface area contributed by atoms with Crippen LogP contribution in [0.4, 0.5) is 0 Å². The summed E-state index contributed by atoms with van der Waals surface area (Å²) < 4.78 is 5.22. The van der Waals surface area contributed by atoms with Gasteiger partial charge in [-0.25, -0.2) is 0 Å². The van der Waals surface area contributed by atoms with Crippen molar-refractivity contribution in [3.8, 4) is 5.75 Å². The van der Waals surface area contributed by atoms with Crippen molar-refractivity contribution in [1.82, 2.24) is 4.90 Å². The number of para-hydroxylation sites is 1. The molecule has 1 aliphatic rings. The number of methoxy groups -OCH3 is 1. The summed E-state index contributed by atoms with van der Waals surface area (Å²) in [4.78, 5) is 24.5. The summed E-state index contributed by atoms with van der Waals surface area (Å²) in [6.07, 6.45) is 5.07. The van der Waals surface area contributed by atoms with Crippen LogP contribution >= 0.6 is 0 Å². The molecule has 1 aromatic carbocycles. The van der Waals surface area contributed by atoms with E-state index < -0.39 is 5.97 Å². The molecule has 2 rings (SSSR count). The molecule has 0 bridgehead atoms. The maximum atomic E-state index is 12.2. The second-order valence-corrected chi connectivity index (χ2v) is 4.98. The number of aliphatic carboxylic acids is 1. The third kappa shape index (κ3) is 4.34. The van der Waals surface area contributed by atoms with E-state index >= 15 is 0 Å². The van der Waals surface area contributed by atoms with Gasteiger partial charge in [0.25, 0.3) is 0 Å². The monoisotopic (exact) mass is 289 g/mol. The van der Waals surface area contributed by atoms with Gasteiger partial charge in [0, 0.05) is 24.2 Å². The highest BCUT2D eigenvalue weighted by Gasteiger charge is 2.31. The van der Waals surface area contributed by atoms with E-state index in [2.05, 4.69) is 0 Å². The summed E-state index contributed by atoms with van der Waals surface area (Å²) in [7, 11) is 1.58. The van der Waals surface area contributed by atoms with Crippen LogP contribution < -0.4 is 4.74 Å². The summed E-state index contributed by atoms with van der Waals surface area (Å²) in [6.45, 7) is 0.259. The lowest BCUT2D eigenvalue weighted by atomic mass is 10.2. The van der Waals surface area contributed by atoms with Crippen LogP contribution in [-0.2, 0) is 9.59 Å². The van der Waals surface area contributed by atoms with Crippen LogP contribution in [-0.4, -0.2) is 41.6 Å². The van der Waals surface area contributed by atoms with Crippen LogP contribution in [0.15, 0.2) is 30.3 Å². The van der Waals surface area contributed by atoms with Gasteiger partial charge in [-0.05, 0) is 25.0 Å². The van der Waals surface area contributed by atoms with Gasteiger partial charge in [-0.1, -0.05) is 18.2 Å². The van der Waals surface area contributed by atoms with Gasteiger partial charge < -0.3 is 14.7 Å². The van der Waals surface area contributed by atoms with Crippen molar-refractivity contribution in [3.05, 3.63) is 35.9 Å². The summed E-state index contributed by atoms with van der Waals surface area (Å²) in [6, 6.07) is 7.62. The van der Waals surface area contributed by atoms with Crippen molar-refractivity contribution in [2.75, 3.05) is 13.7 Å². The summed E-state index contributed by atoms with van der Waals surface area (Å²) in [5.74, 6) is -0.336. The molecule has 1 fully saturated rings. The van der Waals surface area contributed by atoms with E-state index in [1.165, 1.54) is 6.08 Å². The van der Waals surface area contributed by atoms with Crippen LogP contribution in [0, 0.1) is 0 Å². The predicted octanol–water partition coefficient (Wildman–Crippen LogP) is 2.17. The molecule has 112 valence electrons. The third-order valence-corrected chi connectivity index (χ3v) is 3.38. The predicted molar refractivity (Wildman–Crippen MR) is 79.0 cm³/mol. The maximum absolute atomic E-state index is 12.2. The smallest absolute Gasteiger partial charge is 0.305 e. The Labute approximate surface area is 123 Å². The highest BCUT2D eigenvalue weighted by Crippen LogP contribution is 2.27.